The lowest BCUT2D eigenvalue weighted by Gasteiger charge is -2.14. The summed E-state index contributed by atoms with van der Waals surface area (Å²) in [5.41, 5.74) is 0.536. The molecule has 0 fully saturated rings. The lowest BCUT2D eigenvalue weighted by atomic mass is 10.2. The van der Waals surface area contributed by atoms with Gasteiger partial charge in [-0.25, -0.2) is 0 Å². The fourth-order valence-corrected chi connectivity index (χ4v) is 2.77. The van der Waals surface area contributed by atoms with E-state index in [2.05, 4.69) is 5.32 Å². The van der Waals surface area contributed by atoms with Gasteiger partial charge in [0.2, 0.25) is 6.79 Å². The van der Waals surface area contributed by atoms with Crippen molar-refractivity contribution in [2.75, 3.05) is 25.3 Å². The Kier molecular flexibility index (Phi) is 7.37. The van der Waals surface area contributed by atoms with Crippen LogP contribution in [0.4, 0.5) is 5.69 Å². The number of para-hydroxylation sites is 2. The van der Waals surface area contributed by atoms with Gasteiger partial charge in [-0.15, -0.1) is 0 Å². The summed E-state index contributed by atoms with van der Waals surface area (Å²) in [4.78, 5) is 24.3. The molecular weight excluding hydrogens is 390 g/mol. The Morgan fingerprint density at radius 1 is 1.07 bits per heavy atom. The second-order valence-electron chi connectivity index (χ2n) is 6.52. The summed E-state index contributed by atoms with van der Waals surface area (Å²) >= 11 is 0. The van der Waals surface area contributed by atoms with Gasteiger partial charge >= 0.3 is 5.97 Å². The van der Waals surface area contributed by atoms with Crippen molar-refractivity contribution in [1.82, 2.24) is 0 Å². The van der Waals surface area contributed by atoms with E-state index in [4.69, 9.17) is 23.7 Å². The van der Waals surface area contributed by atoms with Crippen LogP contribution >= 0.6 is 0 Å². The molecule has 2 aromatic carbocycles. The molecule has 0 aromatic heterocycles. The number of ether oxygens (including phenoxy) is 5. The van der Waals surface area contributed by atoms with E-state index in [1.54, 1.807) is 18.2 Å². The number of fused-ring (bicyclic) bond motifs is 1. The summed E-state index contributed by atoms with van der Waals surface area (Å²) in [5.74, 6) is 1.58. The number of carbonyl (C=O) groups excluding carboxylic acids is 2. The predicted molar refractivity (Wildman–Crippen MR) is 109 cm³/mol. The first-order valence-electron chi connectivity index (χ1n) is 9.81. The van der Waals surface area contributed by atoms with Gasteiger partial charge in [-0.2, -0.15) is 0 Å². The molecule has 1 amide bonds. The van der Waals surface area contributed by atoms with Crippen molar-refractivity contribution in [2.24, 2.45) is 0 Å². The zero-order valence-corrected chi connectivity index (χ0v) is 17.0. The van der Waals surface area contributed by atoms with E-state index in [1.807, 2.05) is 31.2 Å². The highest BCUT2D eigenvalue weighted by molar-refractivity contribution is 5.95. The summed E-state index contributed by atoms with van der Waals surface area (Å²) in [6.07, 6.45) is -0.337. The Bertz CT molecular complexity index is 884. The molecule has 0 bridgehead atoms. The molecule has 8 nitrogen and oxygen atoms in total. The van der Waals surface area contributed by atoms with E-state index >= 15 is 0 Å². The molecule has 0 saturated carbocycles. The minimum Gasteiger partial charge on any atom is -0.490 e. The van der Waals surface area contributed by atoms with Gasteiger partial charge in [-0.1, -0.05) is 12.1 Å². The van der Waals surface area contributed by atoms with Gasteiger partial charge in [0.1, 0.15) is 0 Å². The Morgan fingerprint density at radius 2 is 1.80 bits per heavy atom. The van der Waals surface area contributed by atoms with Crippen molar-refractivity contribution in [2.45, 2.75) is 32.8 Å². The monoisotopic (exact) mass is 415 g/mol. The molecule has 1 unspecified atom stereocenters. The maximum Gasteiger partial charge on any atom is 0.306 e. The highest BCUT2D eigenvalue weighted by Gasteiger charge is 2.19. The van der Waals surface area contributed by atoms with Crippen molar-refractivity contribution in [3.05, 3.63) is 42.5 Å². The third kappa shape index (κ3) is 5.79. The Labute approximate surface area is 175 Å². The van der Waals surface area contributed by atoms with E-state index in [0.29, 0.717) is 48.3 Å². The van der Waals surface area contributed by atoms with E-state index in [1.165, 1.54) is 6.92 Å². The van der Waals surface area contributed by atoms with Gasteiger partial charge in [-0.3, -0.25) is 9.59 Å². The molecule has 1 atom stereocenters. The third-order valence-electron chi connectivity index (χ3n) is 4.25. The van der Waals surface area contributed by atoms with Gasteiger partial charge in [0, 0.05) is 18.2 Å². The molecule has 1 N–H and O–H groups in total. The van der Waals surface area contributed by atoms with E-state index in [9.17, 15) is 9.59 Å². The van der Waals surface area contributed by atoms with E-state index < -0.39 is 18.0 Å². The highest BCUT2D eigenvalue weighted by atomic mass is 16.7. The molecule has 160 valence electrons. The molecule has 0 radical (unpaired) electrons. The van der Waals surface area contributed by atoms with Crippen LogP contribution in [-0.4, -0.2) is 38.0 Å². The van der Waals surface area contributed by atoms with Crippen LogP contribution in [0.1, 0.15) is 26.7 Å². The predicted octanol–water partition coefficient (Wildman–Crippen LogP) is 3.54. The third-order valence-corrected chi connectivity index (χ3v) is 4.25. The van der Waals surface area contributed by atoms with Crippen LogP contribution < -0.4 is 24.3 Å². The Hall–Kier alpha value is -3.42. The summed E-state index contributed by atoms with van der Waals surface area (Å²) < 4.78 is 26.9. The minimum atomic E-state index is -0.928. The molecular formula is C22H25NO7. The molecule has 0 saturated heterocycles. The number of hydrogen-bond donors (Lipinski definition) is 1. The number of hydrogen-bond acceptors (Lipinski definition) is 7. The molecule has 30 heavy (non-hydrogen) atoms. The topological polar surface area (TPSA) is 92.3 Å². The first-order chi connectivity index (χ1) is 14.6. The zero-order valence-electron chi connectivity index (χ0n) is 17.0. The molecule has 1 heterocycles. The van der Waals surface area contributed by atoms with Crippen molar-refractivity contribution < 1.29 is 33.3 Å². The van der Waals surface area contributed by atoms with Crippen molar-refractivity contribution in [3.63, 3.8) is 0 Å². The molecule has 1 aliphatic heterocycles. The smallest absolute Gasteiger partial charge is 0.306 e. The number of carbonyl (C=O) groups is 2. The molecule has 2 aromatic rings. The van der Waals surface area contributed by atoms with Crippen LogP contribution in [0, 0.1) is 0 Å². The summed E-state index contributed by atoms with van der Waals surface area (Å²) in [5, 5.41) is 2.69. The van der Waals surface area contributed by atoms with E-state index in [-0.39, 0.29) is 13.2 Å². The fraction of sp³-hybridized carbons (Fsp3) is 0.364. The number of rotatable bonds is 10. The maximum absolute atomic E-state index is 12.3. The van der Waals surface area contributed by atoms with Gasteiger partial charge in [-0.05, 0) is 44.5 Å². The van der Waals surface area contributed by atoms with Crippen molar-refractivity contribution >= 4 is 17.6 Å². The first kappa shape index (κ1) is 21.3. The first-order valence-corrected chi connectivity index (χ1v) is 9.81. The highest BCUT2D eigenvalue weighted by Crippen LogP contribution is 2.34. The molecule has 1 aliphatic rings. The standard InChI is InChI=1S/C22H25NO7/c1-3-26-17-7-4-5-8-18(17)27-12-6-9-21(24)30-15(2)22(25)23-16-10-11-19-20(13-16)29-14-28-19/h4-5,7-8,10-11,13,15H,3,6,9,12,14H2,1-2H3,(H,23,25). The van der Waals surface area contributed by atoms with Gasteiger partial charge in [0.25, 0.3) is 5.91 Å². The lowest BCUT2D eigenvalue weighted by molar-refractivity contribution is -0.153. The average Bonchev–Trinajstić information content (AvgIpc) is 3.20. The second kappa shape index (κ2) is 10.4. The normalized spacial score (nSPS) is 12.7. The molecule has 3 rings (SSSR count). The summed E-state index contributed by atoms with van der Waals surface area (Å²) in [6.45, 7) is 4.45. The van der Waals surface area contributed by atoms with Crippen LogP contribution in [0.2, 0.25) is 0 Å². The number of esters is 1. The SMILES string of the molecule is CCOc1ccccc1OCCCC(=O)OC(C)C(=O)Nc1ccc2c(c1)OCO2. The largest absolute Gasteiger partial charge is 0.490 e. The van der Waals surface area contributed by atoms with Crippen LogP contribution in [0.15, 0.2) is 42.5 Å². The number of amides is 1. The quantitative estimate of drug-likeness (QED) is 0.469. The molecule has 0 aliphatic carbocycles. The van der Waals surface area contributed by atoms with Crippen molar-refractivity contribution in [1.29, 1.82) is 0 Å². The molecule has 0 spiro atoms. The van der Waals surface area contributed by atoms with Gasteiger partial charge in [0.05, 0.1) is 13.2 Å². The Balaban J connectivity index is 1.38. The van der Waals surface area contributed by atoms with Crippen molar-refractivity contribution in [3.8, 4) is 23.0 Å². The Morgan fingerprint density at radius 3 is 2.57 bits per heavy atom. The fourth-order valence-electron chi connectivity index (χ4n) is 2.77. The van der Waals surface area contributed by atoms with Gasteiger partial charge in [0.15, 0.2) is 29.1 Å². The van der Waals surface area contributed by atoms with Crippen LogP contribution in [-0.2, 0) is 14.3 Å². The van der Waals surface area contributed by atoms with Crippen LogP contribution in [0.5, 0.6) is 23.0 Å². The minimum absolute atomic E-state index is 0.137. The number of anilines is 1. The number of nitrogens with one attached hydrogen (secondary N) is 1. The zero-order chi connectivity index (χ0) is 21.3. The average molecular weight is 415 g/mol. The van der Waals surface area contributed by atoms with Crippen LogP contribution in [0.25, 0.3) is 0 Å². The summed E-state index contributed by atoms with van der Waals surface area (Å²) in [6, 6.07) is 12.4. The second-order valence-corrected chi connectivity index (χ2v) is 6.52. The van der Waals surface area contributed by atoms with Gasteiger partial charge < -0.3 is 29.0 Å². The lowest BCUT2D eigenvalue weighted by Crippen LogP contribution is -2.30. The maximum atomic E-state index is 12.3. The van der Waals surface area contributed by atoms with E-state index in [0.717, 1.165) is 0 Å². The molecule has 8 heteroatoms. The van der Waals surface area contributed by atoms with Crippen LogP contribution in [0.3, 0.4) is 0 Å². The summed E-state index contributed by atoms with van der Waals surface area (Å²) in [7, 11) is 0. The number of benzene rings is 2.